The highest BCUT2D eigenvalue weighted by molar-refractivity contribution is 14.1. The van der Waals surface area contributed by atoms with Gasteiger partial charge < -0.3 is 29.2 Å². The van der Waals surface area contributed by atoms with Crippen LogP contribution < -0.4 is 24.3 Å². The van der Waals surface area contributed by atoms with E-state index in [1.165, 1.54) is 6.33 Å². The molecule has 0 aliphatic carbocycles. The second kappa shape index (κ2) is 10.7. The van der Waals surface area contributed by atoms with Crippen molar-refractivity contribution in [2.75, 3.05) is 59.1 Å². The molecule has 1 amide bonds. The molecule has 12 heteroatoms. The Kier molecular flexibility index (Phi) is 7.39. The third kappa shape index (κ3) is 5.04. The van der Waals surface area contributed by atoms with Crippen molar-refractivity contribution in [3.05, 3.63) is 33.1 Å². The number of anilines is 2. The van der Waals surface area contributed by atoms with Crippen molar-refractivity contribution in [2.45, 2.75) is 6.42 Å². The quantitative estimate of drug-likeness (QED) is 0.295. The number of piperazine rings is 1. The smallest absolute Gasteiger partial charge is 0.236 e. The van der Waals surface area contributed by atoms with Gasteiger partial charge in [-0.05, 0) is 41.1 Å². The van der Waals surface area contributed by atoms with Crippen LogP contribution >= 0.6 is 34.2 Å². The summed E-state index contributed by atoms with van der Waals surface area (Å²) < 4.78 is 23.8. The van der Waals surface area contributed by atoms with Crippen LogP contribution in [0.25, 0.3) is 10.9 Å². The van der Waals surface area contributed by atoms with Crippen molar-refractivity contribution in [2.24, 2.45) is 0 Å². The predicted octanol–water partition coefficient (Wildman–Crippen LogP) is 3.91. The van der Waals surface area contributed by atoms with Gasteiger partial charge in [-0.3, -0.25) is 9.69 Å². The first-order valence-corrected chi connectivity index (χ1v) is 12.9. The molecule has 0 radical (unpaired) electrons. The maximum Gasteiger partial charge on any atom is 0.236 e. The number of rotatable bonds is 8. The minimum absolute atomic E-state index is 0.129. The number of carbonyl (C=O) groups is 1. The van der Waals surface area contributed by atoms with Gasteiger partial charge in [-0.25, -0.2) is 9.97 Å². The van der Waals surface area contributed by atoms with Gasteiger partial charge in [-0.15, -0.1) is 0 Å². The van der Waals surface area contributed by atoms with Crippen LogP contribution in [-0.2, 0) is 4.79 Å². The minimum Gasteiger partial charge on any atom is -0.493 e. The number of benzene rings is 2. The number of hydrogen-bond acceptors (Lipinski definition) is 9. The Hall–Kier alpha value is -2.77. The lowest BCUT2D eigenvalue weighted by atomic mass is 10.2. The number of hydrogen-bond donors (Lipinski definition) is 1. The molecule has 2 aliphatic rings. The average molecular weight is 626 g/mol. The number of likely N-dealkylation sites (N-methyl/N-ethyl adjacent to an activating group) is 1. The number of aromatic nitrogens is 2. The summed E-state index contributed by atoms with van der Waals surface area (Å²) in [6.45, 7) is 3.49. The van der Waals surface area contributed by atoms with Gasteiger partial charge in [-0.2, -0.15) is 0 Å². The second-order valence-corrected chi connectivity index (χ2v) is 10.0. The second-order valence-electron chi connectivity index (χ2n) is 8.44. The van der Waals surface area contributed by atoms with Crippen LogP contribution in [0.4, 0.5) is 11.5 Å². The Labute approximate surface area is 226 Å². The molecule has 190 valence electrons. The van der Waals surface area contributed by atoms with E-state index in [1.54, 1.807) is 12.0 Å². The first-order valence-electron chi connectivity index (χ1n) is 11.4. The molecule has 10 nitrogen and oxygen atoms in total. The van der Waals surface area contributed by atoms with E-state index < -0.39 is 0 Å². The molecular weight excluding hydrogens is 601 g/mol. The summed E-state index contributed by atoms with van der Waals surface area (Å²) in [7, 11) is 3.43. The largest absolute Gasteiger partial charge is 0.493 e. The Bertz CT molecular complexity index is 1310. The van der Waals surface area contributed by atoms with Crippen LogP contribution in [0.1, 0.15) is 6.42 Å². The van der Waals surface area contributed by atoms with Gasteiger partial charge in [0.2, 0.25) is 12.7 Å². The van der Waals surface area contributed by atoms with Gasteiger partial charge in [0.05, 0.1) is 34.4 Å². The number of halogens is 2. The van der Waals surface area contributed by atoms with Crippen molar-refractivity contribution in [3.8, 4) is 23.0 Å². The highest BCUT2D eigenvalue weighted by atomic mass is 127. The number of amides is 1. The lowest BCUT2D eigenvalue weighted by molar-refractivity contribution is -0.134. The van der Waals surface area contributed by atoms with Gasteiger partial charge in [0, 0.05) is 38.1 Å². The van der Waals surface area contributed by atoms with Crippen molar-refractivity contribution >= 4 is 62.5 Å². The van der Waals surface area contributed by atoms with E-state index in [4.69, 9.17) is 30.5 Å². The SMILES string of the molecule is COc1cc2c(Nc3c(Cl)cc(I)c4c3OCO4)ncnc2cc1OCCCN1CCN(C)C(=O)C1. The van der Waals surface area contributed by atoms with Gasteiger partial charge in [-0.1, -0.05) is 11.6 Å². The van der Waals surface area contributed by atoms with E-state index >= 15 is 0 Å². The molecular formula is C24H25ClIN5O5. The fourth-order valence-corrected chi connectivity index (χ4v) is 5.28. The van der Waals surface area contributed by atoms with E-state index in [0.29, 0.717) is 58.2 Å². The highest BCUT2D eigenvalue weighted by Gasteiger charge is 2.25. The molecule has 0 bridgehead atoms. The number of nitrogens with zero attached hydrogens (tertiary/aromatic N) is 4. The molecule has 0 atom stereocenters. The van der Waals surface area contributed by atoms with Gasteiger partial charge in [0.15, 0.2) is 23.0 Å². The third-order valence-corrected chi connectivity index (χ3v) is 7.23. The summed E-state index contributed by atoms with van der Waals surface area (Å²) in [4.78, 5) is 24.6. The van der Waals surface area contributed by atoms with Crippen molar-refractivity contribution in [1.29, 1.82) is 0 Å². The standard InChI is InChI=1S/C24H25ClIN5O5/c1-30-5-6-31(11-20(30)32)4-3-7-34-19-10-17-14(8-18(19)33-2)24(28-12-27-17)29-21-15(25)9-16(26)22-23(21)36-13-35-22/h8-10,12H,3-7,11,13H2,1-2H3,(H,27,28,29). The molecule has 1 aromatic heterocycles. The summed E-state index contributed by atoms with van der Waals surface area (Å²) in [6.07, 6.45) is 2.26. The molecule has 2 aromatic carbocycles. The first-order chi connectivity index (χ1) is 17.4. The molecule has 3 heterocycles. The van der Waals surface area contributed by atoms with Crippen molar-refractivity contribution in [1.82, 2.24) is 19.8 Å². The van der Waals surface area contributed by atoms with Crippen LogP contribution in [0.15, 0.2) is 24.5 Å². The monoisotopic (exact) mass is 625 g/mol. The molecule has 0 saturated carbocycles. The third-order valence-electron chi connectivity index (χ3n) is 6.13. The molecule has 1 N–H and O–H groups in total. The zero-order chi connectivity index (χ0) is 25.2. The molecule has 0 unspecified atom stereocenters. The molecule has 1 fully saturated rings. The van der Waals surface area contributed by atoms with Crippen LogP contribution in [0.2, 0.25) is 5.02 Å². The van der Waals surface area contributed by atoms with E-state index in [-0.39, 0.29) is 12.7 Å². The molecule has 36 heavy (non-hydrogen) atoms. The lowest BCUT2D eigenvalue weighted by Gasteiger charge is -2.31. The van der Waals surface area contributed by atoms with Crippen LogP contribution in [-0.4, -0.2) is 79.4 Å². The molecule has 3 aromatic rings. The highest BCUT2D eigenvalue weighted by Crippen LogP contribution is 2.48. The Morgan fingerprint density at radius 1 is 1.17 bits per heavy atom. The Morgan fingerprint density at radius 3 is 2.81 bits per heavy atom. The summed E-state index contributed by atoms with van der Waals surface area (Å²) in [5, 5.41) is 4.51. The average Bonchev–Trinajstić information content (AvgIpc) is 3.36. The number of carbonyl (C=O) groups excluding carboxylic acids is 1. The lowest BCUT2D eigenvalue weighted by Crippen LogP contribution is -2.48. The van der Waals surface area contributed by atoms with Crippen LogP contribution in [0.3, 0.4) is 0 Å². The zero-order valence-electron chi connectivity index (χ0n) is 19.8. The molecule has 0 spiro atoms. The summed E-state index contributed by atoms with van der Waals surface area (Å²) in [6, 6.07) is 5.48. The van der Waals surface area contributed by atoms with Crippen LogP contribution in [0, 0.1) is 3.57 Å². The summed E-state index contributed by atoms with van der Waals surface area (Å²) >= 11 is 8.69. The van der Waals surface area contributed by atoms with E-state index in [2.05, 4.69) is 42.8 Å². The van der Waals surface area contributed by atoms with Gasteiger partial charge in [0.25, 0.3) is 0 Å². The predicted molar refractivity (Wildman–Crippen MR) is 144 cm³/mol. The Morgan fingerprint density at radius 2 is 2.00 bits per heavy atom. The van der Waals surface area contributed by atoms with Crippen LogP contribution in [0.5, 0.6) is 23.0 Å². The van der Waals surface area contributed by atoms with E-state index in [0.717, 1.165) is 35.0 Å². The first kappa shape index (κ1) is 24.9. The maximum absolute atomic E-state index is 11.9. The van der Waals surface area contributed by atoms with Gasteiger partial charge in [0.1, 0.15) is 17.8 Å². The number of ether oxygens (including phenoxy) is 4. The number of fused-ring (bicyclic) bond motifs is 2. The fraction of sp³-hybridized carbons (Fsp3) is 0.375. The Balaban J connectivity index is 1.32. The van der Waals surface area contributed by atoms with E-state index in [9.17, 15) is 4.79 Å². The number of methoxy groups -OCH3 is 1. The molecule has 1 saturated heterocycles. The van der Waals surface area contributed by atoms with Crippen molar-refractivity contribution < 1.29 is 23.7 Å². The molecule has 2 aliphatic heterocycles. The molecule has 5 rings (SSSR count). The topological polar surface area (TPSA) is 98.3 Å². The summed E-state index contributed by atoms with van der Waals surface area (Å²) in [5.74, 6) is 3.05. The minimum atomic E-state index is 0.129. The number of nitrogens with one attached hydrogen (secondary N) is 1. The zero-order valence-corrected chi connectivity index (χ0v) is 22.8. The maximum atomic E-state index is 11.9. The van der Waals surface area contributed by atoms with Crippen molar-refractivity contribution in [3.63, 3.8) is 0 Å². The van der Waals surface area contributed by atoms with E-state index in [1.807, 2.05) is 25.2 Å². The fourth-order valence-electron chi connectivity index (χ4n) is 4.14. The van der Waals surface area contributed by atoms with Gasteiger partial charge >= 0.3 is 0 Å². The normalized spacial score (nSPS) is 15.4. The summed E-state index contributed by atoms with van der Waals surface area (Å²) in [5.41, 5.74) is 1.26.